The molecule has 0 aliphatic rings. The van der Waals surface area contributed by atoms with E-state index in [1.807, 2.05) is 42.5 Å². The lowest BCUT2D eigenvalue weighted by Crippen LogP contribution is -2.02. The Morgan fingerprint density at radius 1 is 0.340 bits per heavy atom. The van der Waals surface area contributed by atoms with Crippen LogP contribution in [0.3, 0.4) is 0 Å². The second kappa shape index (κ2) is 11.2. The van der Waals surface area contributed by atoms with Gasteiger partial charge in [0.2, 0.25) is 0 Å². The van der Waals surface area contributed by atoms with Gasteiger partial charge in [-0.25, -0.2) is 15.0 Å². The summed E-state index contributed by atoms with van der Waals surface area (Å²) in [7, 11) is 0. The molecule has 0 unspecified atom stereocenters. The molecule has 0 aliphatic heterocycles. The fraction of sp³-hybridized carbons (Fsp3) is 0. The highest BCUT2D eigenvalue weighted by Crippen LogP contribution is 2.44. The number of fused-ring (bicyclic) bond motifs is 4. The minimum atomic E-state index is 0.616. The molecular weight excluding hydrogens is 574 g/mol. The molecule has 4 nitrogen and oxygen atoms in total. The molecule has 0 amide bonds. The minimum Gasteiger partial charge on any atom is -0.456 e. The summed E-state index contributed by atoms with van der Waals surface area (Å²) >= 11 is 0. The van der Waals surface area contributed by atoms with E-state index in [0.717, 1.165) is 60.5 Å². The van der Waals surface area contributed by atoms with Gasteiger partial charge in [-0.05, 0) is 56.6 Å². The van der Waals surface area contributed by atoms with Crippen molar-refractivity contribution in [3.63, 3.8) is 0 Å². The summed E-state index contributed by atoms with van der Waals surface area (Å²) in [4.78, 5) is 15.5. The summed E-state index contributed by atoms with van der Waals surface area (Å²) in [5.41, 5.74) is 2.82. The van der Waals surface area contributed by atoms with Crippen molar-refractivity contribution in [1.82, 2.24) is 15.0 Å². The van der Waals surface area contributed by atoms with Crippen LogP contribution in [0.1, 0.15) is 0 Å². The van der Waals surface area contributed by atoms with E-state index < -0.39 is 0 Å². The fourth-order valence-corrected chi connectivity index (χ4v) is 6.45. The number of nitrogens with zero attached hydrogens (tertiary/aromatic N) is 3. The highest BCUT2D eigenvalue weighted by atomic mass is 16.5. The number of ether oxygens (including phenoxy) is 1. The van der Waals surface area contributed by atoms with Crippen LogP contribution in [0, 0.1) is 0 Å². The lowest BCUT2D eigenvalue weighted by atomic mass is 9.95. The van der Waals surface area contributed by atoms with Crippen LogP contribution in [0.4, 0.5) is 0 Å². The lowest BCUT2D eigenvalue weighted by molar-refractivity contribution is 0.494. The third-order valence-corrected chi connectivity index (χ3v) is 8.72. The van der Waals surface area contributed by atoms with Crippen LogP contribution in [0.5, 0.6) is 11.5 Å². The molecule has 0 N–H and O–H groups in total. The summed E-state index contributed by atoms with van der Waals surface area (Å²) in [5, 5.41) is 8.62. The van der Waals surface area contributed by atoms with Crippen molar-refractivity contribution in [2.75, 3.05) is 0 Å². The quantitative estimate of drug-likeness (QED) is 0.184. The molecule has 0 saturated carbocycles. The van der Waals surface area contributed by atoms with Crippen molar-refractivity contribution in [1.29, 1.82) is 0 Å². The fourth-order valence-electron chi connectivity index (χ4n) is 6.45. The minimum absolute atomic E-state index is 0.616. The molecule has 220 valence electrons. The van der Waals surface area contributed by atoms with E-state index in [1.165, 1.54) is 10.8 Å². The van der Waals surface area contributed by atoms with Gasteiger partial charge in [-0.2, -0.15) is 0 Å². The molecule has 8 aromatic carbocycles. The van der Waals surface area contributed by atoms with Crippen LogP contribution in [0.15, 0.2) is 164 Å². The first-order valence-electron chi connectivity index (χ1n) is 15.7. The van der Waals surface area contributed by atoms with E-state index in [9.17, 15) is 0 Å². The summed E-state index contributed by atoms with van der Waals surface area (Å²) in [6, 6.07) is 56.1. The van der Waals surface area contributed by atoms with Gasteiger partial charge in [0.05, 0.1) is 0 Å². The monoisotopic (exact) mass is 601 g/mol. The molecule has 0 saturated heterocycles. The van der Waals surface area contributed by atoms with Gasteiger partial charge in [-0.15, -0.1) is 0 Å². The third kappa shape index (κ3) is 4.84. The van der Waals surface area contributed by atoms with Gasteiger partial charge >= 0.3 is 0 Å². The number of aromatic nitrogens is 3. The second-order valence-corrected chi connectivity index (χ2v) is 11.6. The SMILES string of the molecule is c1ccc(Oc2c3ccccc3c(-c3nc(-c4ccc5ccccc5c4)nc(-c4ccc5ccccc5c4)n3)c3ccccc23)cc1. The van der Waals surface area contributed by atoms with Gasteiger partial charge in [0.1, 0.15) is 11.5 Å². The average molecular weight is 602 g/mol. The molecule has 0 radical (unpaired) electrons. The molecule has 0 atom stereocenters. The molecule has 0 aliphatic carbocycles. The Morgan fingerprint density at radius 2 is 0.766 bits per heavy atom. The lowest BCUT2D eigenvalue weighted by Gasteiger charge is -2.17. The standard InChI is InChI=1S/C43H27N3O/c1-2-16-34(17-3-1)47-40-37-20-10-8-18-35(37)39(36-19-9-11-21-38(36)40)43-45-41(32-24-22-28-12-4-6-14-30(28)26-32)44-42(46-43)33-25-23-29-13-5-7-15-31(29)27-33/h1-27H. The van der Waals surface area contributed by atoms with Crippen molar-refractivity contribution >= 4 is 43.1 Å². The summed E-state index contributed by atoms with van der Waals surface area (Å²) in [6.07, 6.45) is 0. The smallest absolute Gasteiger partial charge is 0.165 e. The van der Waals surface area contributed by atoms with E-state index in [2.05, 4.69) is 121 Å². The molecular formula is C43H27N3O. The first-order chi connectivity index (χ1) is 23.3. The Kier molecular flexibility index (Phi) is 6.43. The van der Waals surface area contributed by atoms with Gasteiger partial charge in [-0.3, -0.25) is 0 Å². The molecule has 1 heterocycles. The Bertz CT molecular complexity index is 2460. The number of rotatable bonds is 5. The molecule has 1 aromatic heterocycles. The largest absolute Gasteiger partial charge is 0.456 e. The Labute approximate surface area is 271 Å². The molecule has 47 heavy (non-hydrogen) atoms. The van der Waals surface area contributed by atoms with Gasteiger partial charge in [0.15, 0.2) is 17.5 Å². The van der Waals surface area contributed by atoms with Crippen LogP contribution in [0.25, 0.3) is 77.3 Å². The predicted octanol–water partition coefficient (Wildman–Crippen LogP) is 11.3. The first-order valence-corrected chi connectivity index (χ1v) is 15.7. The van der Waals surface area contributed by atoms with Crippen molar-refractivity contribution in [3.05, 3.63) is 164 Å². The van der Waals surface area contributed by atoms with Gasteiger partial charge in [0.25, 0.3) is 0 Å². The van der Waals surface area contributed by atoms with Crippen molar-refractivity contribution < 1.29 is 4.74 Å². The Hall–Kier alpha value is -6.39. The number of hydrogen-bond acceptors (Lipinski definition) is 4. The topological polar surface area (TPSA) is 47.9 Å². The molecule has 0 bridgehead atoms. The van der Waals surface area contributed by atoms with E-state index >= 15 is 0 Å². The second-order valence-electron chi connectivity index (χ2n) is 11.6. The number of para-hydroxylation sites is 1. The summed E-state index contributed by atoms with van der Waals surface area (Å²) < 4.78 is 6.61. The number of hydrogen-bond donors (Lipinski definition) is 0. The third-order valence-electron chi connectivity index (χ3n) is 8.72. The van der Waals surface area contributed by atoms with Crippen molar-refractivity contribution in [3.8, 4) is 45.7 Å². The zero-order valence-electron chi connectivity index (χ0n) is 25.3. The molecule has 0 spiro atoms. The maximum atomic E-state index is 6.61. The van der Waals surface area contributed by atoms with E-state index in [1.54, 1.807) is 0 Å². The van der Waals surface area contributed by atoms with Crippen LogP contribution < -0.4 is 4.74 Å². The normalized spacial score (nSPS) is 11.4. The molecule has 9 aromatic rings. The van der Waals surface area contributed by atoms with Crippen LogP contribution >= 0.6 is 0 Å². The summed E-state index contributed by atoms with van der Waals surface area (Å²) in [6.45, 7) is 0. The van der Waals surface area contributed by atoms with Crippen LogP contribution in [-0.4, -0.2) is 15.0 Å². The maximum Gasteiger partial charge on any atom is 0.165 e. The first kappa shape index (κ1) is 27.0. The van der Waals surface area contributed by atoms with Gasteiger partial charge < -0.3 is 4.74 Å². The van der Waals surface area contributed by atoms with E-state index in [0.29, 0.717) is 17.5 Å². The molecule has 4 heteroatoms. The highest BCUT2D eigenvalue weighted by molar-refractivity contribution is 6.16. The van der Waals surface area contributed by atoms with Gasteiger partial charge in [-0.1, -0.05) is 140 Å². The molecule has 0 fully saturated rings. The maximum absolute atomic E-state index is 6.61. The zero-order valence-corrected chi connectivity index (χ0v) is 25.3. The van der Waals surface area contributed by atoms with E-state index in [4.69, 9.17) is 19.7 Å². The summed E-state index contributed by atoms with van der Waals surface area (Å²) in [5.74, 6) is 3.46. The molecule has 9 rings (SSSR count). The van der Waals surface area contributed by atoms with E-state index in [-0.39, 0.29) is 0 Å². The van der Waals surface area contributed by atoms with Crippen LogP contribution in [0.2, 0.25) is 0 Å². The average Bonchev–Trinajstić information content (AvgIpc) is 3.14. The van der Waals surface area contributed by atoms with Gasteiger partial charge in [0, 0.05) is 27.5 Å². The Morgan fingerprint density at radius 3 is 1.30 bits per heavy atom. The Balaban J connectivity index is 1.33. The van der Waals surface area contributed by atoms with Crippen molar-refractivity contribution in [2.45, 2.75) is 0 Å². The van der Waals surface area contributed by atoms with Crippen LogP contribution in [-0.2, 0) is 0 Å². The highest BCUT2D eigenvalue weighted by Gasteiger charge is 2.21. The number of benzene rings is 8. The van der Waals surface area contributed by atoms with Crippen molar-refractivity contribution in [2.24, 2.45) is 0 Å². The zero-order chi connectivity index (χ0) is 31.2. The predicted molar refractivity (Wildman–Crippen MR) is 193 cm³/mol.